The second-order valence-electron chi connectivity index (χ2n) is 3.52. The van der Waals surface area contributed by atoms with Gasteiger partial charge in [0.15, 0.2) is 0 Å². The van der Waals surface area contributed by atoms with E-state index in [-0.39, 0.29) is 0 Å². The summed E-state index contributed by atoms with van der Waals surface area (Å²) >= 11 is 0. The molecule has 1 aliphatic carbocycles. The van der Waals surface area contributed by atoms with Crippen LogP contribution in [0.4, 0.5) is 0 Å². The summed E-state index contributed by atoms with van der Waals surface area (Å²) in [6, 6.07) is 0. The molecular weight excluding hydrogens is 144 g/mol. The minimum atomic E-state index is 1.14. The maximum absolute atomic E-state index is 2.33. The van der Waals surface area contributed by atoms with Crippen molar-refractivity contribution in [1.82, 2.24) is 0 Å². The Kier molecular flexibility index (Phi) is 5.70. The molecule has 0 amide bonds. The van der Waals surface area contributed by atoms with Gasteiger partial charge in [0, 0.05) is 0 Å². The van der Waals surface area contributed by atoms with Crippen LogP contribution in [0.1, 0.15) is 51.4 Å². The third-order valence-electron chi connectivity index (χ3n) is 2.35. The van der Waals surface area contributed by atoms with E-state index < -0.39 is 0 Å². The van der Waals surface area contributed by atoms with Gasteiger partial charge < -0.3 is 0 Å². The van der Waals surface area contributed by atoms with Gasteiger partial charge >= 0.3 is 0 Å². The van der Waals surface area contributed by atoms with Crippen molar-refractivity contribution >= 4 is 0 Å². The van der Waals surface area contributed by atoms with Crippen LogP contribution >= 0.6 is 0 Å². The van der Waals surface area contributed by atoms with Crippen molar-refractivity contribution in [2.45, 2.75) is 51.4 Å². The van der Waals surface area contributed by atoms with Crippen LogP contribution < -0.4 is 0 Å². The molecule has 0 atom stereocenters. The SMILES string of the molecule is C1=C\CCCCCCC/C=C\C/1. The minimum Gasteiger partial charge on any atom is -0.0882 e. The quantitative estimate of drug-likeness (QED) is 0.470. The highest BCUT2D eigenvalue weighted by Crippen LogP contribution is 2.09. The Hall–Kier alpha value is -0.520. The van der Waals surface area contributed by atoms with Gasteiger partial charge in [-0.15, -0.1) is 0 Å². The minimum absolute atomic E-state index is 1.14. The van der Waals surface area contributed by atoms with Crippen molar-refractivity contribution in [3.8, 4) is 0 Å². The Morgan fingerprint density at radius 3 is 1.58 bits per heavy atom. The molecule has 0 spiro atoms. The van der Waals surface area contributed by atoms with Gasteiger partial charge in [0.25, 0.3) is 0 Å². The average Bonchev–Trinajstić information content (AvgIpc) is 2.05. The van der Waals surface area contributed by atoms with Crippen LogP contribution in [0.25, 0.3) is 0 Å². The van der Waals surface area contributed by atoms with E-state index >= 15 is 0 Å². The summed E-state index contributed by atoms with van der Waals surface area (Å²) in [7, 11) is 0. The van der Waals surface area contributed by atoms with Crippen molar-refractivity contribution in [3.05, 3.63) is 24.3 Å². The van der Waals surface area contributed by atoms with E-state index in [1.807, 2.05) is 0 Å². The normalized spacial score (nSPS) is 26.7. The summed E-state index contributed by atoms with van der Waals surface area (Å²) < 4.78 is 0. The van der Waals surface area contributed by atoms with E-state index in [1.54, 1.807) is 0 Å². The topological polar surface area (TPSA) is 0 Å². The number of hydrogen-bond donors (Lipinski definition) is 0. The summed E-state index contributed by atoms with van der Waals surface area (Å²) in [4.78, 5) is 0. The molecule has 0 nitrogen and oxygen atoms in total. The van der Waals surface area contributed by atoms with E-state index in [1.165, 1.54) is 44.9 Å². The summed E-state index contributed by atoms with van der Waals surface area (Å²) in [5, 5.41) is 0. The molecule has 0 aromatic heterocycles. The van der Waals surface area contributed by atoms with Crippen molar-refractivity contribution in [3.63, 3.8) is 0 Å². The first-order valence-corrected chi connectivity index (χ1v) is 5.30. The molecule has 0 N–H and O–H groups in total. The van der Waals surface area contributed by atoms with Crippen LogP contribution in [-0.2, 0) is 0 Å². The highest BCUT2D eigenvalue weighted by Gasteiger charge is 1.89. The first-order chi connectivity index (χ1) is 6.00. The lowest BCUT2D eigenvalue weighted by Crippen LogP contribution is -1.79. The number of rotatable bonds is 0. The van der Waals surface area contributed by atoms with Crippen LogP contribution in [0.5, 0.6) is 0 Å². The molecule has 0 heteroatoms. The lowest BCUT2D eigenvalue weighted by atomic mass is 10.1. The monoisotopic (exact) mass is 164 g/mol. The van der Waals surface area contributed by atoms with E-state index in [0.29, 0.717) is 0 Å². The maximum atomic E-state index is 2.33. The van der Waals surface area contributed by atoms with Crippen LogP contribution in [0.3, 0.4) is 0 Å². The molecule has 1 rings (SSSR count). The van der Waals surface area contributed by atoms with Crippen LogP contribution in [-0.4, -0.2) is 0 Å². The van der Waals surface area contributed by atoms with Crippen molar-refractivity contribution in [1.29, 1.82) is 0 Å². The summed E-state index contributed by atoms with van der Waals surface area (Å²) in [5.74, 6) is 0. The molecule has 0 unspecified atom stereocenters. The number of hydrogen-bond acceptors (Lipinski definition) is 0. The van der Waals surface area contributed by atoms with Crippen molar-refractivity contribution in [2.24, 2.45) is 0 Å². The molecule has 0 fully saturated rings. The Bertz CT molecular complexity index is 126. The standard InChI is InChI=1S/C12H20/c1-2-4-6-8-10-12-11-9-7-5-3-1/h1-2,5,7H,3-4,6,8-12H2/b2-1-,7-5-. The Morgan fingerprint density at radius 1 is 0.500 bits per heavy atom. The van der Waals surface area contributed by atoms with E-state index in [9.17, 15) is 0 Å². The molecule has 0 aromatic carbocycles. The Balaban J connectivity index is 2.20. The van der Waals surface area contributed by atoms with Gasteiger partial charge in [0.05, 0.1) is 0 Å². The molecule has 0 bridgehead atoms. The van der Waals surface area contributed by atoms with Gasteiger partial charge in [-0.2, -0.15) is 0 Å². The van der Waals surface area contributed by atoms with E-state index in [2.05, 4.69) is 24.3 Å². The van der Waals surface area contributed by atoms with Crippen LogP contribution in [0.2, 0.25) is 0 Å². The summed E-state index contributed by atoms with van der Waals surface area (Å²) in [5.41, 5.74) is 0. The molecule has 0 aliphatic heterocycles. The van der Waals surface area contributed by atoms with Gasteiger partial charge in [-0.3, -0.25) is 0 Å². The molecular formula is C12H20. The van der Waals surface area contributed by atoms with E-state index in [0.717, 1.165) is 6.42 Å². The fourth-order valence-electron chi connectivity index (χ4n) is 1.56. The van der Waals surface area contributed by atoms with Crippen LogP contribution in [0.15, 0.2) is 24.3 Å². The fourth-order valence-corrected chi connectivity index (χ4v) is 1.56. The number of allylic oxidation sites excluding steroid dienone is 4. The molecule has 0 heterocycles. The zero-order chi connectivity index (χ0) is 8.49. The summed E-state index contributed by atoms with van der Waals surface area (Å²) in [6.07, 6.45) is 20.0. The van der Waals surface area contributed by atoms with Gasteiger partial charge in [0.1, 0.15) is 0 Å². The Morgan fingerprint density at radius 2 is 1.00 bits per heavy atom. The lowest BCUT2D eigenvalue weighted by Gasteiger charge is -1.99. The van der Waals surface area contributed by atoms with Gasteiger partial charge in [-0.1, -0.05) is 43.6 Å². The van der Waals surface area contributed by atoms with Crippen LogP contribution in [0, 0.1) is 0 Å². The third kappa shape index (κ3) is 5.17. The molecule has 0 saturated heterocycles. The predicted octanol–water partition coefficient (Wildman–Crippen LogP) is 4.23. The second kappa shape index (κ2) is 7.15. The molecule has 0 saturated carbocycles. The smallest absolute Gasteiger partial charge is 0.0169 e. The average molecular weight is 164 g/mol. The molecule has 0 radical (unpaired) electrons. The van der Waals surface area contributed by atoms with Crippen molar-refractivity contribution < 1.29 is 0 Å². The van der Waals surface area contributed by atoms with Gasteiger partial charge in [-0.05, 0) is 32.1 Å². The molecule has 68 valence electrons. The highest BCUT2D eigenvalue weighted by molar-refractivity contribution is 4.92. The zero-order valence-electron chi connectivity index (χ0n) is 7.97. The van der Waals surface area contributed by atoms with Gasteiger partial charge in [0.2, 0.25) is 0 Å². The van der Waals surface area contributed by atoms with Crippen molar-refractivity contribution in [2.75, 3.05) is 0 Å². The maximum Gasteiger partial charge on any atom is -0.0169 e. The lowest BCUT2D eigenvalue weighted by molar-refractivity contribution is 0.621. The third-order valence-corrected chi connectivity index (χ3v) is 2.35. The Labute approximate surface area is 76.4 Å². The van der Waals surface area contributed by atoms with Gasteiger partial charge in [-0.25, -0.2) is 0 Å². The first kappa shape index (κ1) is 9.57. The molecule has 0 aromatic rings. The summed E-state index contributed by atoms with van der Waals surface area (Å²) in [6.45, 7) is 0. The predicted molar refractivity (Wildman–Crippen MR) is 55.2 cm³/mol. The first-order valence-electron chi connectivity index (χ1n) is 5.30. The highest BCUT2D eigenvalue weighted by atomic mass is 14.0. The zero-order valence-corrected chi connectivity index (χ0v) is 7.97. The second-order valence-corrected chi connectivity index (χ2v) is 3.52. The molecule has 12 heavy (non-hydrogen) atoms. The molecule has 1 aliphatic rings. The largest absolute Gasteiger partial charge is 0.0882 e. The van der Waals surface area contributed by atoms with E-state index in [4.69, 9.17) is 0 Å². The fraction of sp³-hybridized carbons (Fsp3) is 0.667.